The van der Waals surface area contributed by atoms with Crippen molar-refractivity contribution in [3.05, 3.63) is 24.5 Å². The van der Waals surface area contributed by atoms with Gasteiger partial charge in [0.1, 0.15) is 0 Å². The van der Waals surface area contributed by atoms with Crippen LogP contribution in [0.4, 0.5) is 5.69 Å². The highest BCUT2D eigenvalue weighted by Crippen LogP contribution is 2.22. The van der Waals surface area contributed by atoms with Crippen molar-refractivity contribution < 1.29 is 4.79 Å². The minimum atomic E-state index is 0.0805. The van der Waals surface area contributed by atoms with E-state index in [9.17, 15) is 4.79 Å². The van der Waals surface area contributed by atoms with Gasteiger partial charge in [0.2, 0.25) is 5.91 Å². The average Bonchev–Trinajstić information content (AvgIpc) is 2.46. The number of piperidine rings is 1. The zero-order valence-electron chi connectivity index (χ0n) is 11.8. The van der Waals surface area contributed by atoms with E-state index in [0.29, 0.717) is 5.92 Å². The van der Waals surface area contributed by atoms with Crippen molar-refractivity contribution in [2.45, 2.75) is 26.7 Å². The highest BCUT2D eigenvalue weighted by molar-refractivity contribution is 5.77. The third-order valence-electron chi connectivity index (χ3n) is 3.73. The van der Waals surface area contributed by atoms with E-state index in [1.807, 2.05) is 26.2 Å². The van der Waals surface area contributed by atoms with Gasteiger partial charge < -0.3 is 10.2 Å². The third-order valence-corrected chi connectivity index (χ3v) is 3.73. The standard InChI is InChI=1S/C15H23N3O/c1-12(2)15(19)17-11-13-5-9-18(10-6-13)14-3-7-16-8-4-14/h3-4,7-8,12-13H,5-6,9-11H2,1-2H3,(H,17,19). The van der Waals surface area contributed by atoms with Gasteiger partial charge in [0.25, 0.3) is 0 Å². The average molecular weight is 261 g/mol. The number of carbonyl (C=O) groups is 1. The topological polar surface area (TPSA) is 45.2 Å². The van der Waals surface area contributed by atoms with Crippen LogP contribution in [0, 0.1) is 11.8 Å². The molecule has 0 spiro atoms. The Morgan fingerprint density at radius 3 is 2.58 bits per heavy atom. The Labute approximate surface area is 115 Å². The Morgan fingerprint density at radius 1 is 1.37 bits per heavy atom. The molecule has 0 aliphatic carbocycles. The molecule has 1 amide bonds. The van der Waals surface area contributed by atoms with Gasteiger partial charge in [-0.25, -0.2) is 0 Å². The number of nitrogens with one attached hydrogen (secondary N) is 1. The summed E-state index contributed by atoms with van der Waals surface area (Å²) in [6.45, 7) is 6.81. The van der Waals surface area contributed by atoms with Crippen LogP contribution in [0.5, 0.6) is 0 Å². The van der Waals surface area contributed by atoms with Crippen LogP contribution < -0.4 is 10.2 Å². The van der Waals surface area contributed by atoms with Crippen LogP contribution in [0.25, 0.3) is 0 Å². The maximum Gasteiger partial charge on any atom is 0.222 e. The molecule has 0 radical (unpaired) electrons. The largest absolute Gasteiger partial charge is 0.371 e. The highest BCUT2D eigenvalue weighted by Gasteiger charge is 2.20. The number of nitrogens with zero attached hydrogens (tertiary/aromatic N) is 2. The van der Waals surface area contributed by atoms with E-state index in [1.165, 1.54) is 5.69 Å². The van der Waals surface area contributed by atoms with Crippen molar-refractivity contribution in [2.24, 2.45) is 11.8 Å². The number of rotatable bonds is 4. The number of aromatic nitrogens is 1. The molecule has 1 fully saturated rings. The quantitative estimate of drug-likeness (QED) is 0.902. The summed E-state index contributed by atoms with van der Waals surface area (Å²) in [4.78, 5) is 18.0. The lowest BCUT2D eigenvalue weighted by Crippen LogP contribution is -2.39. The fourth-order valence-electron chi connectivity index (χ4n) is 2.40. The van der Waals surface area contributed by atoms with Crippen molar-refractivity contribution >= 4 is 11.6 Å². The second-order valence-electron chi connectivity index (χ2n) is 5.54. The molecule has 0 atom stereocenters. The first-order valence-electron chi connectivity index (χ1n) is 7.09. The van der Waals surface area contributed by atoms with Crippen LogP contribution in [-0.4, -0.2) is 30.5 Å². The Kier molecular flexibility index (Phi) is 4.77. The Bertz CT molecular complexity index is 397. The van der Waals surface area contributed by atoms with Crippen molar-refractivity contribution in [1.29, 1.82) is 0 Å². The molecule has 2 heterocycles. The number of amides is 1. The molecule has 4 nitrogen and oxygen atoms in total. The number of carbonyl (C=O) groups excluding carboxylic acids is 1. The van der Waals surface area contributed by atoms with Crippen molar-refractivity contribution in [3.8, 4) is 0 Å². The number of hydrogen-bond donors (Lipinski definition) is 1. The number of hydrogen-bond acceptors (Lipinski definition) is 3. The molecule has 4 heteroatoms. The van der Waals surface area contributed by atoms with Gasteiger partial charge >= 0.3 is 0 Å². The van der Waals surface area contributed by atoms with Crippen molar-refractivity contribution in [2.75, 3.05) is 24.5 Å². The summed E-state index contributed by atoms with van der Waals surface area (Å²) in [5.41, 5.74) is 1.25. The van der Waals surface area contributed by atoms with Gasteiger partial charge in [0, 0.05) is 43.6 Å². The molecule has 0 bridgehead atoms. The lowest BCUT2D eigenvalue weighted by molar-refractivity contribution is -0.124. The summed E-state index contributed by atoms with van der Waals surface area (Å²) in [7, 11) is 0. The minimum Gasteiger partial charge on any atom is -0.371 e. The van der Waals surface area contributed by atoms with Crippen LogP contribution in [-0.2, 0) is 4.79 Å². The van der Waals surface area contributed by atoms with Crippen LogP contribution in [0.1, 0.15) is 26.7 Å². The molecule has 1 aromatic rings. The Morgan fingerprint density at radius 2 is 2.00 bits per heavy atom. The maximum absolute atomic E-state index is 11.5. The SMILES string of the molecule is CC(C)C(=O)NCC1CCN(c2ccncc2)CC1. The Hall–Kier alpha value is -1.58. The summed E-state index contributed by atoms with van der Waals surface area (Å²) in [5, 5.41) is 3.04. The van der Waals surface area contributed by atoms with Crippen LogP contribution >= 0.6 is 0 Å². The van der Waals surface area contributed by atoms with Gasteiger partial charge in [0.15, 0.2) is 0 Å². The van der Waals surface area contributed by atoms with E-state index in [-0.39, 0.29) is 11.8 Å². The summed E-state index contributed by atoms with van der Waals surface area (Å²) in [5.74, 6) is 0.856. The van der Waals surface area contributed by atoms with Crippen LogP contribution in [0.3, 0.4) is 0 Å². The Balaban J connectivity index is 1.75. The zero-order chi connectivity index (χ0) is 13.7. The maximum atomic E-state index is 11.5. The monoisotopic (exact) mass is 261 g/mol. The predicted octanol–water partition coefficient (Wildman–Crippen LogP) is 2.07. The van der Waals surface area contributed by atoms with E-state index < -0.39 is 0 Å². The van der Waals surface area contributed by atoms with E-state index in [1.54, 1.807) is 0 Å². The highest BCUT2D eigenvalue weighted by atomic mass is 16.1. The lowest BCUT2D eigenvalue weighted by atomic mass is 9.96. The molecule has 2 rings (SSSR count). The van der Waals surface area contributed by atoms with E-state index in [0.717, 1.165) is 32.5 Å². The van der Waals surface area contributed by atoms with Gasteiger partial charge in [-0.05, 0) is 30.9 Å². The van der Waals surface area contributed by atoms with E-state index >= 15 is 0 Å². The normalized spacial score (nSPS) is 16.7. The molecule has 19 heavy (non-hydrogen) atoms. The molecule has 1 saturated heterocycles. The number of pyridine rings is 1. The molecule has 1 aromatic heterocycles. The number of anilines is 1. The molecule has 0 unspecified atom stereocenters. The van der Waals surface area contributed by atoms with Crippen molar-refractivity contribution in [3.63, 3.8) is 0 Å². The molecule has 1 aliphatic heterocycles. The molecule has 104 valence electrons. The third kappa shape index (κ3) is 3.94. The fourth-order valence-corrected chi connectivity index (χ4v) is 2.40. The zero-order valence-corrected chi connectivity index (χ0v) is 11.8. The van der Waals surface area contributed by atoms with Gasteiger partial charge in [-0.3, -0.25) is 9.78 Å². The summed E-state index contributed by atoms with van der Waals surface area (Å²) >= 11 is 0. The molecule has 0 saturated carbocycles. The van der Waals surface area contributed by atoms with Crippen LogP contribution in [0.2, 0.25) is 0 Å². The van der Waals surface area contributed by atoms with Crippen molar-refractivity contribution in [1.82, 2.24) is 10.3 Å². The van der Waals surface area contributed by atoms with Gasteiger partial charge in [-0.15, -0.1) is 0 Å². The lowest BCUT2D eigenvalue weighted by Gasteiger charge is -2.33. The first-order valence-corrected chi connectivity index (χ1v) is 7.09. The predicted molar refractivity (Wildman–Crippen MR) is 77.0 cm³/mol. The van der Waals surface area contributed by atoms with Crippen LogP contribution in [0.15, 0.2) is 24.5 Å². The summed E-state index contributed by atoms with van der Waals surface area (Å²) < 4.78 is 0. The molecular formula is C15H23N3O. The molecular weight excluding hydrogens is 238 g/mol. The molecule has 0 aromatic carbocycles. The molecule has 1 aliphatic rings. The molecule has 1 N–H and O–H groups in total. The van der Waals surface area contributed by atoms with Gasteiger partial charge in [-0.1, -0.05) is 13.8 Å². The second-order valence-corrected chi connectivity index (χ2v) is 5.54. The first-order chi connectivity index (χ1) is 9.16. The smallest absolute Gasteiger partial charge is 0.222 e. The second kappa shape index (κ2) is 6.55. The van der Waals surface area contributed by atoms with Gasteiger partial charge in [-0.2, -0.15) is 0 Å². The minimum absolute atomic E-state index is 0.0805. The van der Waals surface area contributed by atoms with Gasteiger partial charge in [0.05, 0.1) is 0 Å². The first kappa shape index (κ1) is 13.8. The fraction of sp³-hybridized carbons (Fsp3) is 0.600. The van der Waals surface area contributed by atoms with E-state index in [4.69, 9.17) is 0 Å². The summed E-state index contributed by atoms with van der Waals surface area (Å²) in [6, 6.07) is 4.11. The van der Waals surface area contributed by atoms with E-state index in [2.05, 4.69) is 27.3 Å². The summed E-state index contributed by atoms with van der Waals surface area (Å²) in [6.07, 6.45) is 5.95.